The summed E-state index contributed by atoms with van der Waals surface area (Å²) < 4.78 is 8.22. The molecule has 0 spiro atoms. The highest BCUT2D eigenvalue weighted by molar-refractivity contribution is 5.94. The van der Waals surface area contributed by atoms with Crippen molar-refractivity contribution in [1.82, 2.24) is 19.4 Å². The first-order valence-electron chi connectivity index (χ1n) is 12.7. The SMILES string of the molecule is CCCn1c(CN2CCN(C)CC2)nc2cc(NC(=O)COc3ccccc3C(C)(C)C)ccc21. The summed E-state index contributed by atoms with van der Waals surface area (Å²) in [6, 6.07) is 13.9. The lowest BCUT2D eigenvalue weighted by atomic mass is 9.86. The molecule has 7 heteroatoms. The van der Waals surface area contributed by atoms with E-state index >= 15 is 0 Å². The zero-order valence-corrected chi connectivity index (χ0v) is 21.8. The molecular formula is C28H39N5O2. The van der Waals surface area contributed by atoms with Crippen molar-refractivity contribution < 1.29 is 9.53 Å². The number of rotatable bonds is 8. The number of imidazole rings is 1. The number of fused-ring (bicyclic) bond motifs is 1. The number of nitrogens with one attached hydrogen (secondary N) is 1. The first kappa shape index (κ1) is 25.2. The summed E-state index contributed by atoms with van der Waals surface area (Å²) in [6.07, 6.45) is 1.05. The third-order valence-corrected chi connectivity index (χ3v) is 6.57. The van der Waals surface area contributed by atoms with Crippen molar-refractivity contribution in [2.45, 2.75) is 52.6 Å². The van der Waals surface area contributed by atoms with E-state index < -0.39 is 0 Å². The summed E-state index contributed by atoms with van der Waals surface area (Å²) in [7, 11) is 2.17. The Hall–Kier alpha value is -2.90. The zero-order chi connectivity index (χ0) is 25.0. The molecule has 4 rings (SSSR count). The summed E-state index contributed by atoms with van der Waals surface area (Å²) in [5.74, 6) is 1.66. The molecule has 1 N–H and O–H groups in total. The lowest BCUT2D eigenvalue weighted by Crippen LogP contribution is -2.44. The highest BCUT2D eigenvalue weighted by atomic mass is 16.5. The van der Waals surface area contributed by atoms with E-state index in [1.54, 1.807) is 0 Å². The molecule has 0 saturated carbocycles. The van der Waals surface area contributed by atoms with Gasteiger partial charge in [0.25, 0.3) is 5.91 Å². The van der Waals surface area contributed by atoms with Crippen molar-refractivity contribution in [1.29, 1.82) is 0 Å². The second-order valence-electron chi connectivity index (χ2n) is 10.5. The van der Waals surface area contributed by atoms with E-state index in [1.807, 2.05) is 36.4 Å². The van der Waals surface area contributed by atoms with Crippen LogP contribution in [0.1, 0.15) is 45.5 Å². The van der Waals surface area contributed by atoms with E-state index in [1.165, 1.54) is 0 Å². The zero-order valence-electron chi connectivity index (χ0n) is 21.8. The molecule has 3 aromatic rings. The molecule has 1 aromatic heterocycles. The van der Waals surface area contributed by atoms with E-state index in [9.17, 15) is 4.79 Å². The first-order valence-corrected chi connectivity index (χ1v) is 12.7. The van der Waals surface area contributed by atoms with Gasteiger partial charge in [-0.1, -0.05) is 45.9 Å². The molecule has 1 saturated heterocycles. The van der Waals surface area contributed by atoms with Gasteiger partial charge < -0.3 is 19.5 Å². The summed E-state index contributed by atoms with van der Waals surface area (Å²) >= 11 is 0. The van der Waals surface area contributed by atoms with E-state index in [4.69, 9.17) is 9.72 Å². The molecule has 0 aliphatic carbocycles. The maximum Gasteiger partial charge on any atom is 0.262 e. The van der Waals surface area contributed by atoms with Gasteiger partial charge in [0.1, 0.15) is 11.6 Å². The summed E-state index contributed by atoms with van der Waals surface area (Å²) in [5, 5.41) is 2.98. The molecule has 1 fully saturated rings. The number of hydrogen-bond acceptors (Lipinski definition) is 5. The number of carbonyl (C=O) groups excluding carboxylic acids is 1. The number of benzene rings is 2. The van der Waals surface area contributed by atoms with E-state index in [0.29, 0.717) is 0 Å². The van der Waals surface area contributed by atoms with Crippen molar-refractivity contribution in [2.24, 2.45) is 0 Å². The van der Waals surface area contributed by atoms with Gasteiger partial charge in [-0.2, -0.15) is 0 Å². The number of nitrogens with zero attached hydrogens (tertiary/aromatic N) is 4. The fourth-order valence-electron chi connectivity index (χ4n) is 4.61. The molecule has 1 aliphatic rings. The van der Waals surface area contributed by atoms with Crippen LogP contribution in [0.2, 0.25) is 0 Å². The van der Waals surface area contributed by atoms with Crippen LogP contribution in [0.3, 0.4) is 0 Å². The number of piperazine rings is 1. The lowest BCUT2D eigenvalue weighted by molar-refractivity contribution is -0.118. The van der Waals surface area contributed by atoms with Crippen molar-refractivity contribution >= 4 is 22.6 Å². The van der Waals surface area contributed by atoms with E-state index in [-0.39, 0.29) is 17.9 Å². The predicted octanol–water partition coefficient (Wildman–Crippen LogP) is 4.51. The Balaban J connectivity index is 1.45. The van der Waals surface area contributed by atoms with Gasteiger partial charge in [-0.15, -0.1) is 0 Å². The fourth-order valence-corrected chi connectivity index (χ4v) is 4.61. The maximum atomic E-state index is 12.7. The van der Waals surface area contributed by atoms with E-state index in [0.717, 1.165) is 79.5 Å². The van der Waals surface area contributed by atoms with Gasteiger partial charge in [0.15, 0.2) is 6.61 Å². The lowest BCUT2D eigenvalue weighted by Gasteiger charge is -2.32. The van der Waals surface area contributed by atoms with Gasteiger partial charge in [-0.05, 0) is 48.7 Å². The summed E-state index contributed by atoms with van der Waals surface area (Å²) in [6.45, 7) is 14.7. The largest absolute Gasteiger partial charge is 0.483 e. The molecule has 0 unspecified atom stereocenters. The fraction of sp³-hybridized carbons (Fsp3) is 0.500. The average molecular weight is 478 g/mol. The van der Waals surface area contributed by atoms with Crippen LogP contribution in [0, 0.1) is 0 Å². The monoisotopic (exact) mass is 477 g/mol. The van der Waals surface area contributed by atoms with Crippen LogP contribution >= 0.6 is 0 Å². The van der Waals surface area contributed by atoms with Crippen LogP contribution in [0.5, 0.6) is 5.75 Å². The molecule has 1 aliphatic heterocycles. The number of amides is 1. The Morgan fingerprint density at radius 3 is 2.54 bits per heavy atom. The number of ether oxygens (including phenoxy) is 1. The average Bonchev–Trinajstić information content (AvgIpc) is 3.15. The first-order chi connectivity index (χ1) is 16.7. The number of anilines is 1. The minimum absolute atomic E-state index is 0.0376. The van der Waals surface area contributed by atoms with Gasteiger partial charge in [0.2, 0.25) is 0 Å². The Morgan fingerprint density at radius 2 is 1.83 bits per heavy atom. The van der Waals surface area contributed by atoms with Gasteiger partial charge >= 0.3 is 0 Å². The van der Waals surface area contributed by atoms with E-state index in [2.05, 4.69) is 60.5 Å². The molecule has 0 atom stereocenters. The Labute approximate surface area is 209 Å². The quantitative estimate of drug-likeness (QED) is 0.517. The maximum absolute atomic E-state index is 12.7. The Bertz CT molecular complexity index is 1160. The third-order valence-electron chi connectivity index (χ3n) is 6.57. The molecule has 2 heterocycles. The predicted molar refractivity (Wildman–Crippen MR) is 142 cm³/mol. The number of aryl methyl sites for hydroxylation is 1. The molecule has 1 amide bonds. The van der Waals surface area contributed by atoms with Crippen LogP contribution in [0.4, 0.5) is 5.69 Å². The number of aromatic nitrogens is 2. The topological polar surface area (TPSA) is 62.6 Å². The molecule has 0 bridgehead atoms. The number of hydrogen-bond donors (Lipinski definition) is 1. The summed E-state index contributed by atoms with van der Waals surface area (Å²) in [4.78, 5) is 22.5. The molecule has 188 valence electrons. The third kappa shape index (κ3) is 6.21. The minimum Gasteiger partial charge on any atom is -0.483 e. The van der Waals surface area contributed by atoms with Crippen LogP contribution in [-0.4, -0.2) is 65.1 Å². The minimum atomic E-state index is -0.182. The molecule has 0 radical (unpaired) electrons. The van der Waals surface area contributed by atoms with Crippen LogP contribution in [0.15, 0.2) is 42.5 Å². The van der Waals surface area contributed by atoms with Crippen LogP contribution < -0.4 is 10.1 Å². The standard InChI is InChI=1S/C28H39N5O2/c1-6-13-33-24-12-11-21(18-23(24)30-26(33)19-32-16-14-31(5)15-17-32)29-27(34)20-35-25-10-8-7-9-22(25)28(2,3)4/h7-12,18H,6,13-17,19-20H2,1-5H3,(H,29,34). The van der Waals surface area contributed by atoms with Gasteiger partial charge in [0, 0.05) is 38.4 Å². The number of likely N-dealkylation sites (N-methyl/N-ethyl adjacent to an activating group) is 1. The Kier molecular flexibility index (Phi) is 7.77. The van der Waals surface area contributed by atoms with Crippen molar-refractivity contribution in [3.63, 3.8) is 0 Å². The molecule has 35 heavy (non-hydrogen) atoms. The molecule has 7 nitrogen and oxygen atoms in total. The van der Waals surface area contributed by atoms with Crippen LogP contribution in [0.25, 0.3) is 11.0 Å². The second kappa shape index (κ2) is 10.8. The normalized spacial score (nSPS) is 15.5. The van der Waals surface area contributed by atoms with Crippen LogP contribution in [-0.2, 0) is 23.3 Å². The number of para-hydroxylation sites is 1. The smallest absolute Gasteiger partial charge is 0.262 e. The Morgan fingerprint density at radius 1 is 1.09 bits per heavy atom. The van der Waals surface area contributed by atoms with Crippen molar-refractivity contribution in [3.8, 4) is 5.75 Å². The second-order valence-corrected chi connectivity index (χ2v) is 10.5. The number of carbonyl (C=O) groups is 1. The van der Waals surface area contributed by atoms with Crippen molar-refractivity contribution in [2.75, 3.05) is 45.2 Å². The van der Waals surface area contributed by atoms with Gasteiger partial charge in [-0.25, -0.2) is 4.98 Å². The highest BCUT2D eigenvalue weighted by Gasteiger charge is 2.20. The summed E-state index contributed by atoms with van der Waals surface area (Å²) in [5.41, 5.74) is 3.80. The van der Waals surface area contributed by atoms with Gasteiger partial charge in [0.05, 0.1) is 17.6 Å². The highest BCUT2D eigenvalue weighted by Crippen LogP contribution is 2.31. The molecule has 2 aromatic carbocycles. The molecular weight excluding hydrogens is 438 g/mol. The van der Waals surface area contributed by atoms with Crippen molar-refractivity contribution in [3.05, 3.63) is 53.9 Å². The van der Waals surface area contributed by atoms with Gasteiger partial charge in [-0.3, -0.25) is 9.69 Å².